The molecule has 20 heavy (non-hydrogen) atoms. The summed E-state index contributed by atoms with van der Waals surface area (Å²) >= 11 is 0. The molecule has 2 rings (SSSR count). The van der Waals surface area contributed by atoms with Crippen LogP contribution in [-0.2, 0) is 4.74 Å². The fourth-order valence-electron chi connectivity index (χ4n) is 4.23. The lowest BCUT2D eigenvalue weighted by Gasteiger charge is -2.53. The molecule has 4 unspecified atom stereocenters. The zero-order valence-electron chi connectivity index (χ0n) is 13.2. The molecule has 1 saturated heterocycles. The maximum atomic E-state index is 11.3. The standard InChI is InChI=1S/C17H29NO2/c1-4-14-7-6-8-16(11-14,13-18)17(19)9-10-20-15(3,5-2)12-17/h14,19H,4-12H2,1-3H3. The normalized spacial score (nSPS) is 45.9. The van der Waals surface area contributed by atoms with Crippen LogP contribution in [0.15, 0.2) is 0 Å². The first-order valence-corrected chi connectivity index (χ1v) is 8.20. The maximum absolute atomic E-state index is 11.3. The average molecular weight is 279 g/mol. The summed E-state index contributed by atoms with van der Waals surface area (Å²) in [4.78, 5) is 0. The Hall–Kier alpha value is -0.590. The summed E-state index contributed by atoms with van der Waals surface area (Å²) in [6, 6.07) is 2.55. The zero-order valence-corrected chi connectivity index (χ0v) is 13.2. The first-order chi connectivity index (χ1) is 9.42. The third-order valence-corrected chi connectivity index (χ3v) is 5.92. The van der Waals surface area contributed by atoms with E-state index in [0.29, 0.717) is 25.4 Å². The van der Waals surface area contributed by atoms with Crippen LogP contribution in [0, 0.1) is 22.7 Å². The molecule has 0 aromatic carbocycles. The SMILES string of the molecule is CCC1CCCC(C#N)(C2(O)CCOC(C)(CC)C2)C1. The van der Waals surface area contributed by atoms with Crippen molar-refractivity contribution in [1.29, 1.82) is 5.26 Å². The summed E-state index contributed by atoms with van der Waals surface area (Å²) in [6.07, 6.45) is 7.17. The average Bonchev–Trinajstić information content (AvgIpc) is 2.47. The molecule has 0 spiro atoms. The van der Waals surface area contributed by atoms with Crippen molar-refractivity contribution in [1.82, 2.24) is 0 Å². The predicted octanol–water partition coefficient (Wildman–Crippen LogP) is 3.81. The van der Waals surface area contributed by atoms with Crippen LogP contribution >= 0.6 is 0 Å². The predicted molar refractivity (Wildman–Crippen MR) is 79.1 cm³/mol. The van der Waals surface area contributed by atoms with Crippen molar-refractivity contribution in [3.63, 3.8) is 0 Å². The second-order valence-corrected chi connectivity index (χ2v) is 7.17. The Morgan fingerprint density at radius 1 is 1.35 bits per heavy atom. The van der Waals surface area contributed by atoms with Gasteiger partial charge in [0.2, 0.25) is 0 Å². The molecule has 1 heterocycles. The van der Waals surface area contributed by atoms with Crippen LogP contribution in [0.2, 0.25) is 0 Å². The summed E-state index contributed by atoms with van der Waals surface area (Å²) in [6.45, 7) is 6.94. The topological polar surface area (TPSA) is 53.2 Å². The first-order valence-electron chi connectivity index (χ1n) is 8.20. The number of ether oxygens (including phenoxy) is 1. The molecule has 1 aliphatic carbocycles. The molecule has 0 bridgehead atoms. The highest BCUT2D eigenvalue weighted by atomic mass is 16.5. The Morgan fingerprint density at radius 2 is 2.10 bits per heavy atom. The van der Waals surface area contributed by atoms with Crippen LogP contribution in [0.1, 0.15) is 72.1 Å². The molecule has 0 aromatic rings. The van der Waals surface area contributed by atoms with Gasteiger partial charge < -0.3 is 9.84 Å². The fourth-order valence-corrected chi connectivity index (χ4v) is 4.23. The number of aliphatic hydroxyl groups is 1. The highest BCUT2D eigenvalue weighted by molar-refractivity contribution is 5.15. The third-order valence-electron chi connectivity index (χ3n) is 5.92. The van der Waals surface area contributed by atoms with E-state index in [4.69, 9.17) is 4.74 Å². The van der Waals surface area contributed by atoms with Gasteiger partial charge in [0.15, 0.2) is 0 Å². The molecule has 0 aromatic heterocycles. The highest BCUT2D eigenvalue weighted by Crippen LogP contribution is 2.53. The van der Waals surface area contributed by atoms with E-state index < -0.39 is 11.0 Å². The van der Waals surface area contributed by atoms with Crippen molar-refractivity contribution in [2.75, 3.05) is 6.61 Å². The second-order valence-electron chi connectivity index (χ2n) is 7.17. The Balaban J connectivity index is 2.27. The molecule has 3 heteroatoms. The molecule has 1 aliphatic heterocycles. The largest absolute Gasteiger partial charge is 0.388 e. The van der Waals surface area contributed by atoms with Crippen LogP contribution in [0.25, 0.3) is 0 Å². The van der Waals surface area contributed by atoms with Crippen molar-refractivity contribution >= 4 is 0 Å². The summed E-state index contributed by atoms with van der Waals surface area (Å²) in [5.41, 5.74) is -1.72. The first kappa shape index (κ1) is 15.8. The number of hydrogen-bond acceptors (Lipinski definition) is 3. The zero-order chi connectivity index (χ0) is 14.9. The van der Waals surface area contributed by atoms with Crippen molar-refractivity contribution in [2.24, 2.45) is 11.3 Å². The smallest absolute Gasteiger partial charge is 0.0882 e. The molecule has 0 amide bonds. The van der Waals surface area contributed by atoms with Gasteiger partial charge in [-0.1, -0.05) is 33.1 Å². The fraction of sp³-hybridized carbons (Fsp3) is 0.941. The lowest BCUT2D eigenvalue weighted by Crippen LogP contribution is -2.57. The van der Waals surface area contributed by atoms with Crippen molar-refractivity contribution in [3.8, 4) is 6.07 Å². The molecule has 0 radical (unpaired) electrons. The lowest BCUT2D eigenvalue weighted by atomic mass is 9.57. The Labute approximate surface area is 123 Å². The van der Waals surface area contributed by atoms with Gasteiger partial charge in [-0.3, -0.25) is 0 Å². The van der Waals surface area contributed by atoms with E-state index in [1.807, 2.05) is 0 Å². The molecule has 3 nitrogen and oxygen atoms in total. The molecular weight excluding hydrogens is 250 g/mol. The van der Waals surface area contributed by atoms with Crippen LogP contribution in [0.3, 0.4) is 0 Å². The van der Waals surface area contributed by atoms with Crippen molar-refractivity contribution in [3.05, 3.63) is 0 Å². The van der Waals surface area contributed by atoms with Crippen LogP contribution in [0.4, 0.5) is 0 Å². The third kappa shape index (κ3) is 2.61. The molecule has 114 valence electrons. The summed E-state index contributed by atoms with van der Waals surface area (Å²) in [7, 11) is 0. The number of nitrogens with zero attached hydrogens (tertiary/aromatic N) is 1. The van der Waals surface area contributed by atoms with Crippen LogP contribution < -0.4 is 0 Å². The maximum Gasteiger partial charge on any atom is 0.0882 e. The molecule has 2 aliphatic rings. The van der Waals surface area contributed by atoms with Gasteiger partial charge in [0, 0.05) is 12.8 Å². The van der Waals surface area contributed by atoms with E-state index in [2.05, 4.69) is 26.8 Å². The minimum Gasteiger partial charge on any atom is -0.388 e. The Bertz CT molecular complexity index is 391. The van der Waals surface area contributed by atoms with Gasteiger partial charge in [-0.25, -0.2) is 0 Å². The molecule has 1 saturated carbocycles. The van der Waals surface area contributed by atoms with E-state index in [0.717, 1.165) is 32.1 Å². The molecule has 1 N–H and O–H groups in total. The quantitative estimate of drug-likeness (QED) is 0.854. The lowest BCUT2D eigenvalue weighted by molar-refractivity contribution is -0.197. The molecule has 4 atom stereocenters. The van der Waals surface area contributed by atoms with Gasteiger partial charge in [-0.2, -0.15) is 5.26 Å². The van der Waals surface area contributed by atoms with E-state index in [9.17, 15) is 10.4 Å². The van der Waals surface area contributed by atoms with Crippen LogP contribution in [0.5, 0.6) is 0 Å². The number of rotatable bonds is 3. The van der Waals surface area contributed by atoms with Gasteiger partial charge >= 0.3 is 0 Å². The van der Waals surface area contributed by atoms with Gasteiger partial charge in [-0.15, -0.1) is 0 Å². The summed E-state index contributed by atoms with van der Waals surface area (Å²) in [5, 5.41) is 21.2. The monoisotopic (exact) mass is 279 g/mol. The van der Waals surface area contributed by atoms with E-state index in [1.54, 1.807) is 0 Å². The highest BCUT2D eigenvalue weighted by Gasteiger charge is 2.56. The van der Waals surface area contributed by atoms with E-state index in [-0.39, 0.29) is 5.60 Å². The number of hydrogen-bond donors (Lipinski definition) is 1. The van der Waals surface area contributed by atoms with Gasteiger partial charge in [0.05, 0.1) is 29.3 Å². The number of nitriles is 1. The Kier molecular flexibility index (Phi) is 4.47. The van der Waals surface area contributed by atoms with Gasteiger partial charge in [0.25, 0.3) is 0 Å². The van der Waals surface area contributed by atoms with Gasteiger partial charge in [0.1, 0.15) is 0 Å². The second kappa shape index (κ2) is 5.66. The van der Waals surface area contributed by atoms with E-state index in [1.165, 1.54) is 6.42 Å². The Morgan fingerprint density at radius 3 is 2.70 bits per heavy atom. The van der Waals surface area contributed by atoms with Gasteiger partial charge in [-0.05, 0) is 32.1 Å². The van der Waals surface area contributed by atoms with Crippen LogP contribution in [-0.4, -0.2) is 22.9 Å². The van der Waals surface area contributed by atoms with Crippen molar-refractivity contribution in [2.45, 2.75) is 83.3 Å². The molecular formula is C17H29NO2. The summed E-state index contributed by atoms with van der Waals surface area (Å²) in [5.74, 6) is 0.586. The minimum atomic E-state index is -0.876. The summed E-state index contributed by atoms with van der Waals surface area (Å²) < 4.78 is 5.87. The minimum absolute atomic E-state index is 0.282. The van der Waals surface area contributed by atoms with Crippen molar-refractivity contribution < 1.29 is 9.84 Å². The van der Waals surface area contributed by atoms with E-state index >= 15 is 0 Å². The molecule has 2 fully saturated rings.